The quantitative estimate of drug-likeness (QED) is 0.903. The van der Waals surface area contributed by atoms with Crippen LogP contribution in [0, 0.1) is 12.8 Å². The Balaban J connectivity index is 2.01. The molecule has 4 nitrogen and oxygen atoms in total. The van der Waals surface area contributed by atoms with Crippen LogP contribution >= 0.6 is 15.9 Å². The summed E-state index contributed by atoms with van der Waals surface area (Å²) < 4.78 is 1.01. The van der Waals surface area contributed by atoms with Gasteiger partial charge in [-0.1, -0.05) is 22.9 Å². The Morgan fingerprint density at radius 3 is 2.86 bits per heavy atom. The number of aryl methyl sites for hydroxylation is 1. The number of halogens is 1. The molecule has 2 unspecified atom stereocenters. The first-order chi connectivity index (χ1) is 9.92. The highest BCUT2D eigenvalue weighted by Gasteiger charge is 2.36. The van der Waals surface area contributed by atoms with Crippen LogP contribution in [0.2, 0.25) is 0 Å². The van der Waals surface area contributed by atoms with E-state index in [2.05, 4.69) is 28.2 Å². The molecule has 0 saturated carbocycles. The maximum absolute atomic E-state index is 12.3. The average Bonchev–Trinajstić information content (AvgIpc) is 2.84. The lowest BCUT2D eigenvalue weighted by Crippen LogP contribution is -2.35. The van der Waals surface area contributed by atoms with E-state index in [1.807, 2.05) is 36.9 Å². The zero-order chi connectivity index (χ0) is 15.6. The van der Waals surface area contributed by atoms with Crippen molar-refractivity contribution in [1.29, 1.82) is 0 Å². The van der Waals surface area contributed by atoms with Gasteiger partial charge in [-0.15, -0.1) is 0 Å². The molecule has 1 fully saturated rings. The van der Waals surface area contributed by atoms with E-state index in [1.54, 1.807) is 0 Å². The molecule has 1 aliphatic rings. The Labute approximate surface area is 134 Å². The number of hydrogen-bond acceptors (Lipinski definition) is 2. The number of rotatable bonds is 4. The summed E-state index contributed by atoms with van der Waals surface area (Å²) in [6, 6.07) is 5.89. The molecule has 1 heterocycles. The van der Waals surface area contributed by atoms with E-state index in [9.17, 15) is 9.59 Å². The molecule has 1 N–H and O–H groups in total. The van der Waals surface area contributed by atoms with E-state index in [-0.39, 0.29) is 23.8 Å². The third-order valence-electron chi connectivity index (χ3n) is 4.08. The highest BCUT2D eigenvalue weighted by atomic mass is 79.9. The van der Waals surface area contributed by atoms with Crippen LogP contribution in [0.25, 0.3) is 0 Å². The summed E-state index contributed by atoms with van der Waals surface area (Å²) in [5, 5.41) is 2.91. The summed E-state index contributed by atoms with van der Waals surface area (Å²) in [7, 11) is 0. The van der Waals surface area contributed by atoms with Crippen LogP contribution in [0.5, 0.6) is 0 Å². The Bertz CT molecular complexity index is 559. The molecule has 0 aliphatic carbocycles. The van der Waals surface area contributed by atoms with Gasteiger partial charge in [0.2, 0.25) is 11.8 Å². The topological polar surface area (TPSA) is 49.4 Å². The number of nitrogens with one attached hydrogen (secondary N) is 1. The van der Waals surface area contributed by atoms with Crippen molar-refractivity contribution in [1.82, 2.24) is 4.90 Å². The largest absolute Gasteiger partial charge is 0.339 e. The first-order valence-electron chi connectivity index (χ1n) is 7.28. The third kappa shape index (κ3) is 3.64. The second kappa shape index (κ2) is 6.60. The Hall–Kier alpha value is -1.36. The minimum absolute atomic E-state index is 0.0733. The van der Waals surface area contributed by atoms with E-state index in [0.29, 0.717) is 13.0 Å². The minimum atomic E-state index is -0.254. The molecular weight excluding hydrogens is 332 g/mol. The average molecular weight is 353 g/mol. The van der Waals surface area contributed by atoms with E-state index in [1.165, 1.54) is 0 Å². The lowest BCUT2D eigenvalue weighted by Gasteiger charge is -2.23. The van der Waals surface area contributed by atoms with Gasteiger partial charge in [-0.2, -0.15) is 0 Å². The molecule has 0 bridgehead atoms. The standard InChI is InChI=1S/C16H21BrN2O2/c1-4-11(3)19-9-12(8-15(19)20)16(21)18-13-5-6-14(17)10(2)7-13/h5-7,11-12H,4,8-9H2,1-3H3,(H,18,21). The fourth-order valence-electron chi connectivity index (χ4n) is 2.52. The summed E-state index contributed by atoms with van der Waals surface area (Å²) in [5.74, 6) is -0.247. The summed E-state index contributed by atoms with van der Waals surface area (Å²) in [5.41, 5.74) is 1.84. The van der Waals surface area contributed by atoms with Crippen LogP contribution in [0.3, 0.4) is 0 Å². The zero-order valence-electron chi connectivity index (χ0n) is 12.6. The summed E-state index contributed by atoms with van der Waals surface area (Å²) in [6.07, 6.45) is 1.22. The fraction of sp³-hybridized carbons (Fsp3) is 0.500. The van der Waals surface area contributed by atoms with Crippen LogP contribution in [-0.4, -0.2) is 29.3 Å². The van der Waals surface area contributed by atoms with Crippen molar-refractivity contribution >= 4 is 33.4 Å². The van der Waals surface area contributed by atoms with Gasteiger partial charge in [0.25, 0.3) is 0 Å². The number of nitrogens with zero attached hydrogens (tertiary/aromatic N) is 1. The molecule has 21 heavy (non-hydrogen) atoms. The summed E-state index contributed by atoms with van der Waals surface area (Å²) in [4.78, 5) is 26.1. The highest BCUT2D eigenvalue weighted by Crippen LogP contribution is 2.24. The monoisotopic (exact) mass is 352 g/mol. The van der Waals surface area contributed by atoms with Gasteiger partial charge < -0.3 is 10.2 Å². The maximum Gasteiger partial charge on any atom is 0.229 e. The molecule has 2 rings (SSSR count). The molecule has 0 radical (unpaired) electrons. The molecule has 0 aromatic heterocycles. The summed E-state index contributed by atoms with van der Waals surface area (Å²) >= 11 is 3.44. The second-order valence-electron chi connectivity index (χ2n) is 5.66. The van der Waals surface area contributed by atoms with Gasteiger partial charge in [0.15, 0.2) is 0 Å². The number of amides is 2. The van der Waals surface area contributed by atoms with Gasteiger partial charge in [-0.3, -0.25) is 9.59 Å². The lowest BCUT2D eigenvalue weighted by molar-refractivity contribution is -0.129. The summed E-state index contributed by atoms with van der Waals surface area (Å²) in [6.45, 7) is 6.57. The molecule has 1 saturated heterocycles. The normalized spacial score (nSPS) is 19.7. The Morgan fingerprint density at radius 1 is 1.52 bits per heavy atom. The molecule has 5 heteroatoms. The van der Waals surface area contributed by atoms with Crippen LogP contribution in [0.4, 0.5) is 5.69 Å². The maximum atomic E-state index is 12.3. The van der Waals surface area contributed by atoms with Crippen molar-refractivity contribution in [2.45, 2.75) is 39.7 Å². The number of carbonyl (C=O) groups excluding carboxylic acids is 2. The van der Waals surface area contributed by atoms with Crippen molar-refractivity contribution in [2.75, 3.05) is 11.9 Å². The first-order valence-corrected chi connectivity index (χ1v) is 8.08. The van der Waals surface area contributed by atoms with Crippen LogP contribution < -0.4 is 5.32 Å². The van der Waals surface area contributed by atoms with Crippen LogP contribution in [0.15, 0.2) is 22.7 Å². The van der Waals surface area contributed by atoms with Gasteiger partial charge in [-0.25, -0.2) is 0 Å². The smallest absolute Gasteiger partial charge is 0.229 e. The zero-order valence-corrected chi connectivity index (χ0v) is 14.2. The van der Waals surface area contributed by atoms with Crippen LogP contribution in [-0.2, 0) is 9.59 Å². The van der Waals surface area contributed by atoms with E-state index in [4.69, 9.17) is 0 Å². The molecule has 0 spiro atoms. The fourth-order valence-corrected chi connectivity index (χ4v) is 2.77. The van der Waals surface area contributed by atoms with Crippen molar-refractivity contribution in [3.8, 4) is 0 Å². The predicted octanol–water partition coefficient (Wildman–Crippen LogP) is 3.34. The first kappa shape index (κ1) is 16.0. The number of carbonyl (C=O) groups is 2. The SMILES string of the molecule is CCC(C)N1CC(C(=O)Nc2ccc(Br)c(C)c2)CC1=O. The van der Waals surface area contributed by atoms with Crippen molar-refractivity contribution in [2.24, 2.45) is 5.92 Å². The molecule has 2 atom stereocenters. The third-order valence-corrected chi connectivity index (χ3v) is 4.97. The predicted molar refractivity (Wildman–Crippen MR) is 87.1 cm³/mol. The minimum Gasteiger partial charge on any atom is -0.339 e. The molecular formula is C16H21BrN2O2. The van der Waals surface area contributed by atoms with E-state index in [0.717, 1.165) is 22.1 Å². The molecule has 1 aromatic carbocycles. The van der Waals surface area contributed by atoms with Crippen LogP contribution in [0.1, 0.15) is 32.3 Å². The Morgan fingerprint density at radius 2 is 2.24 bits per heavy atom. The number of anilines is 1. The van der Waals surface area contributed by atoms with Gasteiger partial charge >= 0.3 is 0 Å². The van der Waals surface area contributed by atoms with Crippen molar-refractivity contribution < 1.29 is 9.59 Å². The van der Waals surface area contributed by atoms with Gasteiger partial charge in [0.05, 0.1) is 5.92 Å². The van der Waals surface area contributed by atoms with Crippen molar-refractivity contribution in [3.05, 3.63) is 28.2 Å². The highest BCUT2D eigenvalue weighted by molar-refractivity contribution is 9.10. The molecule has 114 valence electrons. The lowest BCUT2D eigenvalue weighted by atomic mass is 10.1. The van der Waals surface area contributed by atoms with Crippen molar-refractivity contribution in [3.63, 3.8) is 0 Å². The number of benzene rings is 1. The van der Waals surface area contributed by atoms with Gasteiger partial charge in [-0.05, 0) is 44.0 Å². The molecule has 1 aliphatic heterocycles. The Kier molecular flexibility index (Phi) is 5.04. The molecule has 2 amide bonds. The second-order valence-corrected chi connectivity index (χ2v) is 6.51. The van der Waals surface area contributed by atoms with E-state index < -0.39 is 0 Å². The van der Waals surface area contributed by atoms with Gasteiger partial charge in [0.1, 0.15) is 0 Å². The number of likely N-dealkylation sites (tertiary alicyclic amines) is 1. The number of hydrogen-bond donors (Lipinski definition) is 1. The molecule has 1 aromatic rings. The van der Waals surface area contributed by atoms with E-state index >= 15 is 0 Å². The van der Waals surface area contributed by atoms with Gasteiger partial charge in [0, 0.05) is 29.2 Å².